The van der Waals surface area contributed by atoms with Crippen LogP contribution in [0.15, 0.2) is 42.2 Å². The molecule has 134 valence electrons. The Morgan fingerprint density at radius 2 is 2.19 bits per heavy atom. The van der Waals surface area contributed by atoms with Crippen molar-refractivity contribution in [2.45, 2.75) is 26.3 Å². The summed E-state index contributed by atoms with van der Waals surface area (Å²) in [5.74, 6) is -0.0727. The smallest absolute Gasteiger partial charge is 0.223 e. The Morgan fingerprint density at radius 1 is 1.35 bits per heavy atom. The Balaban J connectivity index is 1.34. The van der Waals surface area contributed by atoms with Crippen LogP contribution in [0, 0.1) is 0 Å². The number of nitrogens with one attached hydrogen (secondary N) is 2. The molecular formula is C20H22N4OS. The van der Waals surface area contributed by atoms with E-state index in [1.807, 2.05) is 12.4 Å². The average Bonchev–Trinajstić information content (AvgIpc) is 3.25. The molecule has 0 saturated carbocycles. The van der Waals surface area contributed by atoms with E-state index in [4.69, 9.17) is 0 Å². The van der Waals surface area contributed by atoms with Crippen molar-refractivity contribution in [2.24, 2.45) is 0 Å². The van der Waals surface area contributed by atoms with E-state index in [2.05, 4.69) is 50.5 Å². The second-order valence-electron chi connectivity index (χ2n) is 6.72. The van der Waals surface area contributed by atoms with Gasteiger partial charge in [0.2, 0.25) is 5.91 Å². The van der Waals surface area contributed by atoms with Gasteiger partial charge in [0.05, 0.1) is 0 Å². The van der Waals surface area contributed by atoms with E-state index in [-0.39, 0.29) is 5.91 Å². The number of piperidine rings is 1. The molecule has 6 heteroatoms. The third-order valence-corrected chi connectivity index (χ3v) is 5.56. The number of carbonyl (C=O) groups excluding carboxylic acids is 1. The summed E-state index contributed by atoms with van der Waals surface area (Å²) in [6, 6.07) is 8.68. The van der Waals surface area contributed by atoms with Gasteiger partial charge in [-0.1, -0.05) is 17.7 Å². The third-order valence-electron chi connectivity index (χ3n) is 4.66. The Hall–Kier alpha value is -2.44. The first-order valence-corrected chi connectivity index (χ1v) is 9.68. The molecule has 0 unspecified atom stereocenters. The second kappa shape index (κ2) is 7.43. The van der Waals surface area contributed by atoms with Gasteiger partial charge < -0.3 is 10.3 Å². The molecule has 0 radical (unpaired) electrons. The number of likely N-dealkylation sites (tertiary alicyclic amines) is 1. The number of fused-ring (bicyclic) bond motifs is 1. The first-order valence-electron chi connectivity index (χ1n) is 8.87. The topological polar surface area (TPSA) is 61.0 Å². The molecule has 2 N–H and O–H groups in total. The summed E-state index contributed by atoms with van der Waals surface area (Å²) in [4.78, 5) is 22.2. The summed E-state index contributed by atoms with van der Waals surface area (Å²) < 4.78 is 0. The molecule has 0 spiro atoms. The number of thiazole rings is 1. The molecule has 1 aliphatic heterocycles. The SMILES string of the molecule is CC(=O)Nc1ncc(CN2CCC(=Cc3ccc4[nH]ccc4c3)CC2)s1. The van der Waals surface area contributed by atoms with Crippen LogP contribution >= 0.6 is 11.3 Å². The summed E-state index contributed by atoms with van der Waals surface area (Å²) in [5.41, 5.74) is 3.98. The van der Waals surface area contributed by atoms with Gasteiger partial charge in [-0.05, 0) is 42.0 Å². The van der Waals surface area contributed by atoms with Crippen molar-refractivity contribution in [3.8, 4) is 0 Å². The standard InChI is InChI=1S/C20H22N4OS/c1-14(25)23-20-22-12-18(26-20)13-24-8-5-15(6-9-24)10-16-2-3-19-17(11-16)4-7-21-19/h2-4,7,10-12,21H,5-6,8-9,13H2,1H3,(H,22,23,25). The quantitative estimate of drug-likeness (QED) is 0.725. The van der Waals surface area contributed by atoms with Crippen LogP contribution in [0.2, 0.25) is 0 Å². The maximum Gasteiger partial charge on any atom is 0.223 e. The average molecular weight is 366 g/mol. The van der Waals surface area contributed by atoms with E-state index in [9.17, 15) is 4.79 Å². The Morgan fingerprint density at radius 3 is 3.00 bits per heavy atom. The predicted octanol–water partition coefficient (Wildman–Crippen LogP) is 4.26. The predicted molar refractivity (Wildman–Crippen MR) is 107 cm³/mol. The highest BCUT2D eigenvalue weighted by Gasteiger charge is 2.15. The monoisotopic (exact) mass is 366 g/mol. The highest BCUT2D eigenvalue weighted by molar-refractivity contribution is 7.15. The van der Waals surface area contributed by atoms with E-state index in [1.54, 1.807) is 11.3 Å². The lowest BCUT2D eigenvalue weighted by Crippen LogP contribution is -2.29. The molecule has 0 atom stereocenters. The van der Waals surface area contributed by atoms with Crippen LogP contribution in [-0.2, 0) is 11.3 Å². The van der Waals surface area contributed by atoms with Gasteiger partial charge in [-0.3, -0.25) is 9.69 Å². The van der Waals surface area contributed by atoms with Crippen molar-refractivity contribution in [3.63, 3.8) is 0 Å². The maximum atomic E-state index is 11.1. The molecule has 0 aliphatic carbocycles. The Labute approximate surface area is 156 Å². The largest absolute Gasteiger partial charge is 0.361 e. The van der Waals surface area contributed by atoms with Gasteiger partial charge in [0.15, 0.2) is 5.13 Å². The molecule has 5 nitrogen and oxygen atoms in total. The fourth-order valence-electron chi connectivity index (χ4n) is 3.35. The summed E-state index contributed by atoms with van der Waals surface area (Å²) >= 11 is 1.56. The van der Waals surface area contributed by atoms with Crippen LogP contribution in [-0.4, -0.2) is 33.9 Å². The Kier molecular flexibility index (Phi) is 4.86. The molecule has 1 aromatic carbocycles. The number of amides is 1. The van der Waals surface area contributed by atoms with Crippen LogP contribution in [0.5, 0.6) is 0 Å². The molecule has 1 aliphatic rings. The highest BCUT2D eigenvalue weighted by atomic mass is 32.1. The molecule has 2 aromatic heterocycles. The van der Waals surface area contributed by atoms with Crippen molar-refractivity contribution in [1.29, 1.82) is 0 Å². The molecule has 4 rings (SSSR count). The summed E-state index contributed by atoms with van der Waals surface area (Å²) in [6.07, 6.45) is 8.39. The summed E-state index contributed by atoms with van der Waals surface area (Å²) in [7, 11) is 0. The minimum absolute atomic E-state index is 0.0727. The van der Waals surface area contributed by atoms with Crippen LogP contribution in [0.3, 0.4) is 0 Å². The van der Waals surface area contributed by atoms with Crippen molar-refractivity contribution in [3.05, 3.63) is 52.7 Å². The number of hydrogen-bond acceptors (Lipinski definition) is 4. The molecule has 1 fully saturated rings. The number of aromatic amines is 1. The zero-order chi connectivity index (χ0) is 17.9. The Bertz CT molecular complexity index is 946. The summed E-state index contributed by atoms with van der Waals surface area (Å²) in [6.45, 7) is 4.53. The van der Waals surface area contributed by atoms with Gasteiger partial charge in [0.25, 0.3) is 0 Å². The normalized spacial score (nSPS) is 15.3. The maximum absolute atomic E-state index is 11.1. The highest BCUT2D eigenvalue weighted by Crippen LogP contribution is 2.25. The molecule has 3 heterocycles. The van der Waals surface area contributed by atoms with Crippen LogP contribution in [0.4, 0.5) is 5.13 Å². The summed E-state index contributed by atoms with van der Waals surface area (Å²) in [5, 5.41) is 4.69. The number of nitrogens with zero attached hydrogens (tertiary/aromatic N) is 2. The fourth-order valence-corrected chi connectivity index (χ4v) is 4.25. The zero-order valence-electron chi connectivity index (χ0n) is 14.8. The second-order valence-corrected chi connectivity index (χ2v) is 7.83. The number of carbonyl (C=O) groups is 1. The number of benzene rings is 1. The molecule has 0 bridgehead atoms. The van der Waals surface area contributed by atoms with Gasteiger partial charge >= 0.3 is 0 Å². The number of anilines is 1. The van der Waals surface area contributed by atoms with E-state index in [0.29, 0.717) is 5.13 Å². The zero-order valence-corrected chi connectivity index (χ0v) is 15.6. The van der Waals surface area contributed by atoms with E-state index in [1.165, 1.54) is 33.8 Å². The van der Waals surface area contributed by atoms with Crippen LogP contribution in [0.1, 0.15) is 30.2 Å². The first kappa shape index (κ1) is 17.0. The lowest BCUT2D eigenvalue weighted by Gasteiger charge is -2.27. The van der Waals surface area contributed by atoms with Gasteiger partial charge in [-0.2, -0.15) is 0 Å². The molecule has 3 aromatic rings. The van der Waals surface area contributed by atoms with Crippen LogP contribution < -0.4 is 5.32 Å². The van der Waals surface area contributed by atoms with E-state index >= 15 is 0 Å². The molecule has 26 heavy (non-hydrogen) atoms. The van der Waals surface area contributed by atoms with Gasteiger partial charge in [0, 0.05) is 49.3 Å². The van der Waals surface area contributed by atoms with Gasteiger partial charge in [-0.15, -0.1) is 11.3 Å². The minimum Gasteiger partial charge on any atom is -0.361 e. The van der Waals surface area contributed by atoms with Crippen molar-refractivity contribution in [2.75, 3.05) is 18.4 Å². The number of H-pyrrole nitrogens is 1. The van der Waals surface area contributed by atoms with E-state index < -0.39 is 0 Å². The minimum atomic E-state index is -0.0727. The van der Waals surface area contributed by atoms with Crippen molar-refractivity contribution >= 4 is 39.4 Å². The molecule has 1 saturated heterocycles. The number of hydrogen-bond donors (Lipinski definition) is 2. The lowest BCUT2D eigenvalue weighted by atomic mass is 10.0. The fraction of sp³-hybridized carbons (Fsp3) is 0.300. The molecular weight excluding hydrogens is 344 g/mol. The molecule has 1 amide bonds. The number of rotatable bonds is 4. The van der Waals surface area contributed by atoms with E-state index in [0.717, 1.165) is 32.5 Å². The lowest BCUT2D eigenvalue weighted by molar-refractivity contribution is -0.114. The van der Waals surface area contributed by atoms with Crippen LogP contribution in [0.25, 0.3) is 17.0 Å². The number of aromatic nitrogens is 2. The van der Waals surface area contributed by atoms with Crippen molar-refractivity contribution in [1.82, 2.24) is 14.9 Å². The van der Waals surface area contributed by atoms with Crippen molar-refractivity contribution < 1.29 is 4.79 Å². The van der Waals surface area contributed by atoms with Gasteiger partial charge in [-0.25, -0.2) is 4.98 Å². The first-order chi connectivity index (χ1) is 12.7. The van der Waals surface area contributed by atoms with Gasteiger partial charge in [0.1, 0.15) is 0 Å². The third kappa shape index (κ3) is 4.03.